The van der Waals surface area contributed by atoms with Crippen molar-refractivity contribution in [1.29, 1.82) is 0 Å². The van der Waals surface area contributed by atoms with Gasteiger partial charge < -0.3 is 14.2 Å². The average Bonchev–Trinajstić information content (AvgIpc) is 3.37. The summed E-state index contributed by atoms with van der Waals surface area (Å²) in [6, 6.07) is 8.36. The number of rotatable bonds is 4. The first-order valence-corrected chi connectivity index (χ1v) is 10.9. The Kier molecular flexibility index (Phi) is 5.10. The molecule has 2 aromatic heterocycles. The van der Waals surface area contributed by atoms with Crippen LogP contribution in [0.2, 0.25) is 0 Å². The minimum atomic E-state index is -0.695. The zero-order valence-corrected chi connectivity index (χ0v) is 18.2. The van der Waals surface area contributed by atoms with E-state index in [1.165, 1.54) is 11.3 Å². The highest BCUT2D eigenvalue weighted by molar-refractivity contribution is 7.07. The van der Waals surface area contributed by atoms with Crippen LogP contribution < -0.4 is 24.4 Å². The van der Waals surface area contributed by atoms with Crippen molar-refractivity contribution in [3.63, 3.8) is 0 Å². The first-order valence-electron chi connectivity index (χ1n) is 10.1. The number of hydrogen-bond acceptors (Lipinski definition) is 8. The number of benzene rings is 1. The van der Waals surface area contributed by atoms with Gasteiger partial charge in [0.05, 0.1) is 28.5 Å². The van der Waals surface area contributed by atoms with Gasteiger partial charge in [-0.3, -0.25) is 14.3 Å². The number of pyridine rings is 1. The van der Waals surface area contributed by atoms with Crippen LogP contribution >= 0.6 is 11.3 Å². The van der Waals surface area contributed by atoms with Crippen LogP contribution in [-0.2, 0) is 9.53 Å². The van der Waals surface area contributed by atoms with Gasteiger partial charge in [-0.05, 0) is 55.3 Å². The van der Waals surface area contributed by atoms with Crippen molar-refractivity contribution in [3.05, 3.63) is 84.8 Å². The van der Waals surface area contributed by atoms with E-state index < -0.39 is 12.0 Å². The number of nitrogens with zero attached hydrogens (tertiary/aromatic N) is 3. The number of carbonyl (C=O) groups is 1. The molecule has 0 bridgehead atoms. The number of carbonyl (C=O) groups excluding carboxylic acids is 1. The molecule has 0 N–H and O–H groups in total. The first-order chi connectivity index (χ1) is 15.6. The summed E-state index contributed by atoms with van der Waals surface area (Å²) in [6.07, 6.45) is 5.13. The Balaban J connectivity index is 1.73. The topological polar surface area (TPSA) is 92.0 Å². The van der Waals surface area contributed by atoms with Crippen molar-refractivity contribution in [2.24, 2.45) is 4.99 Å². The molecule has 3 aromatic rings. The minimum absolute atomic E-state index is 0.132. The highest BCUT2D eigenvalue weighted by Gasteiger charge is 2.34. The van der Waals surface area contributed by atoms with Gasteiger partial charge in [-0.2, -0.15) is 0 Å². The molecule has 32 heavy (non-hydrogen) atoms. The summed E-state index contributed by atoms with van der Waals surface area (Å²) in [5.74, 6) is 0.691. The molecule has 0 unspecified atom stereocenters. The van der Waals surface area contributed by atoms with Crippen LogP contribution in [0.4, 0.5) is 0 Å². The summed E-state index contributed by atoms with van der Waals surface area (Å²) in [7, 11) is 0. The van der Waals surface area contributed by atoms with Gasteiger partial charge in [0.1, 0.15) is 0 Å². The molecule has 0 saturated heterocycles. The Labute approximate surface area is 186 Å². The fourth-order valence-corrected chi connectivity index (χ4v) is 4.85. The lowest BCUT2D eigenvalue weighted by molar-refractivity contribution is -0.139. The van der Waals surface area contributed by atoms with E-state index in [0.29, 0.717) is 37.7 Å². The molecule has 2 aliphatic heterocycles. The Morgan fingerprint density at radius 1 is 1.25 bits per heavy atom. The van der Waals surface area contributed by atoms with Gasteiger partial charge >= 0.3 is 5.97 Å². The SMILES string of the molecule is CCOC(=O)C1=C(C)N=c2s/c(=C/c3ccncc3)c(=O)n2[C@@H]1c1ccc2c(c1)OCO2. The van der Waals surface area contributed by atoms with Crippen LogP contribution in [0.25, 0.3) is 6.08 Å². The molecule has 5 rings (SSSR count). The molecule has 0 saturated carbocycles. The second-order valence-electron chi connectivity index (χ2n) is 7.20. The Bertz CT molecular complexity index is 1420. The highest BCUT2D eigenvalue weighted by atomic mass is 32.1. The zero-order valence-electron chi connectivity index (χ0n) is 17.4. The molecule has 0 radical (unpaired) electrons. The molecule has 0 amide bonds. The molecule has 162 valence electrons. The van der Waals surface area contributed by atoms with Crippen LogP contribution in [-0.4, -0.2) is 28.9 Å². The number of thiazole rings is 1. The first kappa shape index (κ1) is 20.2. The highest BCUT2D eigenvalue weighted by Crippen LogP contribution is 2.38. The molecule has 1 aromatic carbocycles. The van der Waals surface area contributed by atoms with E-state index in [1.807, 2.05) is 18.2 Å². The quantitative estimate of drug-likeness (QED) is 0.565. The van der Waals surface area contributed by atoms with Crippen LogP contribution in [0, 0.1) is 0 Å². The second kappa shape index (κ2) is 8.08. The molecule has 0 spiro atoms. The van der Waals surface area contributed by atoms with Crippen LogP contribution in [0.5, 0.6) is 11.5 Å². The number of fused-ring (bicyclic) bond motifs is 2. The average molecular weight is 449 g/mol. The fourth-order valence-electron chi connectivity index (χ4n) is 3.80. The molecular weight excluding hydrogens is 430 g/mol. The molecule has 1 atom stereocenters. The number of esters is 1. The Morgan fingerprint density at radius 2 is 2.03 bits per heavy atom. The van der Waals surface area contributed by atoms with Gasteiger partial charge in [-0.15, -0.1) is 0 Å². The van der Waals surface area contributed by atoms with Crippen molar-refractivity contribution in [1.82, 2.24) is 9.55 Å². The second-order valence-corrected chi connectivity index (χ2v) is 8.20. The largest absolute Gasteiger partial charge is 0.463 e. The van der Waals surface area contributed by atoms with E-state index in [2.05, 4.69) is 9.98 Å². The van der Waals surface area contributed by atoms with Crippen molar-refractivity contribution >= 4 is 23.4 Å². The van der Waals surface area contributed by atoms with Crippen molar-refractivity contribution in [2.45, 2.75) is 19.9 Å². The van der Waals surface area contributed by atoms with Crippen LogP contribution in [0.15, 0.2) is 63.8 Å². The number of hydrogen-bond donors (Lipinski definition) is 0. The smallest absolute Gasteiger partial charge is 0.338 e. The third-order valence-electron chi connectivity index (χ3n) is 5.23. The number of aromatic nitrogens is 2. The summed E-state index contributed by atoms with van der Waals surface area (Å²) in [5, 5.41) is 0. The predicted octanol–water partition coefficient (Wildman–Crippen LogP) is 1.92. The monoisotopic (exact) mass is 449 g/mol. The lowest BCUT2D eigenvalue weighted by atomic mass is 9.95. The van der Waals surface area contributed by atoms with Crippen molar-refractivity contribution in [2.75, 3.05) is 13.4 Å². The van der Waals surface area contributed by atoms with Gasteiger partial charge in [0.15, 0.2) is 16.3 Å². The molecule has 4 heterocycles. The van der Waals surface area contributed by atoms with Crippen molar-refractivity contribution < 1.29 is 19.0 Å². The lowest BCUT2D eigenvalue weighted by Gasteiger charge is -2.24. The maximum Gasteiger partial charge on any atom is 0.338 e. The van der Waals surface area contributed by atoms with E-state index in [0.717, 1.165) is 5.56 Å². The standard InChI is InChI=1S/C23H19N3O5S/c1-3-29-22(28)19-13(2)25-23-26(20(19)15-4-5-16-17(11-15)31-12-30-16)21(27)18(32-23)10-14-6-8-24-9-7-14/h4-11,20H,3,12H2,1-2H3/b18-10+/t20-/m1/s1. The van der Waals surface area contributed by atoms with E-state index in [-0.39, 0.29) is 19.0 Å². The van der Waals surface area contributed by atoms with E-state index >= 15 is 0 Å². The molecule has 2 aliphatic rings. The Hall–Kier alpha value is -3.72. The molecule has 8 nitrogen and oxygen atoms in total. The maximum atomic E-state index is 13.5. The van der Waals surface area contributed by atoms with E-state index in [9.17, 15) is 9.59 Å². The number of ether oxygens (including phenoxy) is 3. The normalized spacial score (nSPS) is 17.2. The lowest BCUT2D eigenvalue weighted by Crippen LogP contribution is -2.39. The zero-order chi connectivity index (χ0) is 22.2. The van der Waals surface area contributed by atoms with Crippen molar-refractivity contribution in [3.8, 4) is 11.5 Å². The van der Waals surface area contributed by atoms with E-state index in [4.69, 9.17) is 14.2 Å². The maximum absolute atomic E-state index is 13.5. The fraction of sp³-hybridized carbons (Fsp3) is 0.217. The van der Waals surface area contributed by atoms with Gasteiger partial charge in [-0.25, -0.2) is 9.79 Å². The molecule has 0 aliphatic carbocycles. The third kappa shape index (κ3) is 3.40. The van der Waals surface area contributed by atoms with E-state index in [1.54, 1.807) is 49.0 Å². The summed E-state index contributed by atoms with van der Waals surface area (Å²) in [6.45, 7) is 3.85. The molecule has 0 fully saturated rings. The van der Waals surface area contributed by atoms with Gasteiger partial charge in [0.2, 0.25) is 6.79 Å². The molecule has 9 heteroatoms. The minimum Gasteiger partial charge on any atom is -0.463 e. The van der Waals surface area contributed by atoms with Gasteiger partial charge in [0.25, 0.3) is 5.56 Å². The van der Waals surface area contributed by atoms with Gasteiger partial charge in [-0.1, -0.05) is 17.4 Å². The predicted molar refractivity (Wildman–Crippen MR) is 117 cm³/mol. The summed E-state index contributed by atoms with van der Waals surface area (Å²) in [4.78, 5) is 35.5. The molecular formula is C23H19N3O5S. The Morgan fingerprint density at radius 3 is 2.81 bits per heavy atom. The third-order valence-corrected chi connectivity index (χ3v) is 6.22. The number of allylic oxidation sites excluding steroid dienone is 1. The van der Waals surface area contributed by atoms with Crippen LogP contribution in [0.3, 0.4) is 0 Å². The summed E-state index contributed by atoms with van der Waals surface area (Å²) < 4.78 is 18.3. The van der Waals surface area contributed by atoms with Crippen LogP contribution in [0.1, 0.15) is 31.0 Å². The summed E-state index contributed by atoms with van der Waals surface area (Å²) >= 11 is 1.28. The van der Waals surface area contributed by atoms with Gasteiger partial charge in [0, 0.05) is 12.4 Å². The summed E-state index contributed by atoms with van der Waals surface area (Å²) in [5.41, 5.74) is 2.17.